The zero-order chi connectivity index (χ0) is 22.6. The van der Waals surface area contributed by atoms with Gasteiger partial charge >= 0.3 is 6.18 Å². The van der Waals surface area contributed by atoms with Crippen LogP contribution in [0.3, 0.4) is 0 Å². The minimum atomic E-state index is -4.30. The van der Waals surface area contributed by atoms with Crippen LogP contribution in [0.15, 0.2) is 53.0 Å². The molecule has 170 valence electrons. The third-order valence-corrected chi connectivity index (χ3v) is 7.50. The highest BCUT2D eigenvalue weighted by molar-refractivity contribution is 7.99. The van der Waals surface area contributed by atoms with E-state index in [0.717, 1.165) is 72.1 Å². The van der Waals surface area contributed by atoms with E-state index in [2.05, 4.69) is 27.2 Å². The number of thioether (sulfide) groups is 1. The SMILES string of the molecule is Cn1c(SCCCCN2CC=C(c3cccc(C(F)(F)F)c3)CC2)nnc1-c1cccs1. The van der Waals surface area contributed by atoms with E-state index in [1.165, 1.54) is 12.1 Å². The highest BCUT2D eigenvalue weighted by Crippen LogP contribution is 2.32. The lowest BCUT2D eigenvalue weighted by Crippen LogP contribution is -2.29. The van der Waals surface area contributed by atoms with Crippen molar-refractivity contribution in [2.75, 3.05) is 25.4 Å². The average Bonchev–Trinajstić information content (AvgIpc) is 3.43. The van der Waals surface area contributed by atoms with Crippen molar-refractivity contribution >= 4 is 28.7 Å². The molecule has 2 aromatic heterocycles. The third-order valence-electron chi connectivity index (χ3n) is 5.53. The van der Waals surface area contributed by atoms with Gasteiger partial charge in [0, 0.05) is 25.9 Å². The highest BCUT2D eigenvalue weighted by atomic mass is 32.2. The van der Waals surface area contributed by atoms with E-state index in [-0.39, 0.29) is 0 Å². The van der Waals surface area contributed by atoms with E-state index in [0.29, 0.717) is 5.56 Å². The minimum Gasteiger partial charge on any atom is -0.305 e. The van der Waals surface area contributed by atoms with Crippen molar-refractivity contribution < 1.29 is 13.2 Å². The summed E-state index contributed by atoms with van der Waals surface area (Å²) in [7, 11) is 2.00. The van der Waals surface area contributed by atoms with Gasteiger partial charge in [-0.05, 0) is 60.5 Å². The normalized spacial score (nSPS) is 15.2. The largest absolute Gasteiger partial charge is 0.416 e. The van der Waals surface area contributed by atoms with Gasteiger partial charge in [-0.1, -0.05) is 36.0 Å². The molecule has 0 atom stereocenters. The number of nitrogens with zero attached hydrogens (tertiary/aromatic N) is 4. The number of rotatable bonds is 8. The molecule has 0 fully saturated rings. The second kappa shape index (κ2) is 10.2. The molecule has 0 amide bonds. The molecule has 3 heterocycles. The van der Waals surface area contributed by atoms with Gasteiger partial charge in [-0.15, -0.1) is 21.5 Å². The summed E-state index contributed by atoms with van der Waals surface area (Å²) in [6.07, 6.45) is 0.702. The molecule has 0 spiro atoms. The maximum atomic E-state index is 13.0. The number of alkyl halides is 3. The van der Waals surface area contributed by atoms with Gasteiger partial charge in [0.2, 0.25) is 0 Å². The Kier molecular flexibility index (Phi) is 7.37. The molecule has 1 aliphatic rings. The molecule has 1 aromatic carbocycles. The Bertz CT molecular complexity index is 1060. The zero-order valence-corrected chi connectivity index (χ0v) is 19.4. The number of unbranched alkanes of at least 4 members (excludes halogenated alkanes) is 1. The fraction of sp³-hybridized carbons (Fsp3) is 0.391. The summed E-state index contributed by atoms with van der Waals surface area (Å²) in [5, 5.41) is 11.6. The minimum absolute atomic E-state index is 0.582. The molecular weight excluding hydrogens is 453 g/mol. The summed E-state index contributed by atoms with van der Waals surface area (Å²) < 4.78 is 40.9. The van der Waals surface area contributed by atoms with Gasteiger partial charge in [-0.2, -0.15) is 13.2 Å². The van der Waals surface area contributed by atoms with Gasteiger partial charge in [0.1, 0.15) is 0 Å². The van der Waals surface area contributed by atoms with Crippen LogP contribution in [0.25, 0.3) is 16.3 Å². The van der Waals surface area contributed by atoms with E-state index in [4.69, 9.17) is 0 Å². The fourth-order valence-electron chi connectivity index (χ4n) is 3.73. The van der Waals surface area contributed by atoms with Crippen molar-refractivity contribution in [3.05, 3.63) is 59.0 Å². The third kappa shape index (κ3) is 5.63. The summed E-state index contributed by atoms with van der Waals surface area (Å²) in [6, 6.07) is 9.71. The summed E-state index contributed by atoms with van der Waals surface area (Å²) >= 11 is 3.38. The van der Waals surface area contributed by atoms with Crippen molar-refractivity contribution in [3.63, 3.8) is 0 Å². The maximum Gasteiger partial charge on any atom is 0.416 e. The Morgan fingerprint density at radius 2 is 2.00 bits per heavy atom. The molecule has 4 nitrogen and oxygen atoms in total. The Balaban J connectivity index is 1.20. The van der Waals surface area contributed by atoms with E-state index in [9.17, 15) is 13.2 Å². The van der Waals surface area contributed by atoms with Crippen LogP contribution < -0.4 is 0 Å². The first kappa shape index (κ1) is 23.1. The standard InChI is InChI=1S/C23H25F3N4S2/c1-29-21(20-8-5-15-31-20)27-28-22(29)32-14-3-2-11-30-12-9-17(10-13-30)18-6-4-7-19(16-18)23(24,25)26/h4-9,15-16H,2-3,10-14H2,1H3. The van der Waals surface area contributed by atoms with E-state index in [1.54, 1.807) is 29.2 Å². The van der Waals surface area contributed by atoms with Crippen LogP contribution in [0.4, 0.5) is 13.2 Å². The molecular formula is C23H25F3N4S2. The van der Waals surface area contributed by atoms with Crippen LogP contribution in [-0.4, -0.2) is 45.1 Å². The molecule has 32 heavy (non-hydrogen) atoms. The van der Waals surface area contributed by atoms with E-state index < -0.39 is 11.7 Å². The number of hydrogen-bond acceptors (Lipinski definition) is 5. The fourth-order valence-corrected chi connectivity index (χ4v) is 5.39. The van der Waals surface area contributed by atoms with Crippen LogP contribution in [0.5, 0.6) is 0 Å². The van der Waals surface area contributed by atoms with Crippen LogP contribution >= 0.6 is 23.1 Å². The quantitative estimate of drug-likeness (QED) is 0.284. The molecule has 0 N–H and O–H groups in total. The first-order valence-electron chi connectivity index (χ1n) is 10.6. The topological polar surface area (TPSA) is 34.0 Å². The second-order valence-electron chi connectivity index (χ2n) is 7.76. The number of benzene rings is 1. The smallest absolute Gasteiger partial charge is 0.305 e. The van der Waals surface area contributed by atoms with Gasteiger partial charge in [-0.25, -0.2) is 0 Å². The van der Waals surface area contributed by atoms with Crippen molar-refractivity contribution in [2.45, 2.75) is 30.6 Å². The predicted molar refractivity (Wildman–Crippen MR) is 125 cm³/mol. The van der Waals surface area contributed by atoms with Crippen molar-refractivity contribution in [3.8, 4) is 10.7 Å². The second-order valence-corrected chi connectivity index (χ2v) is 9.77. The molecule has 1 aliphatic heterocycles. The summed E-state index contributed by atoms with van der Waals surface area (Å²) in [4.78, 5) is 3.48. The Morgan fingerprint density at radius 1 is 1.12 bits per heavy atom. The molecule has 0 aliphatic carbocycles. The van der Waals surface area contributed by atoms with Crippen LogP contribution in [0.1, 0.15) is 30.4 Å². The maximum absolute atomic E-state index is 13.0. The number of aromatic nitrogens is 3. The monoisotopic (exact) mass is 478 g/mol. The molecule has 4 rings (SSSR count). The Labute approximate surface area is 194 Å². The first-order chi connectivity index (χ1) is 15.4. The summed E-state index contributed by atoms with van der Waals surface area (Å²) in [5.74, 6) is 1.88. The molecule has 0 saturated carbocycles. The molecule has 0 bridgehead atoms. The number of thiophene rings is 1. The van der Waals surface area contributed by atoms with Gasteiger partial charge < -0.3 is 4.57 Å². The lowest BCUT2D eigenvalue weighted by molar-refractivity contribution is -0.137. The highest BCUT2D eigenvalue weighted by Gasteiger charge is 2.30. The van der Waals surface area contributed by atoms with Gasteiger partial charge in [0.25, 0.3) is 0 Å². The Hall–Kier alpha value is -2.10. The van der Waals surface area contributed by atoms with Crippen molar-refractivity contribution in [1.29, 1.82) is 0 Å². The molecule has 0 saturated heterocycles. The zero-order valence-electron chi connectivity index (χ0n) is 17.8. The van der Waals surface area contributed by atoms with Crippen LogP contribution in [0.2, 0.25) is 0 Å². The van der Waals surface area contributed by atoms with E-state index >= 15 is 0 Å². The Morgan fingerprint density at radius 3 is 2.72 bits per heavy atom. The molecule has 9 heteroatoms. The number of hydrogen-bond donors (Lipinski definition) is 0. The van der Waals surface area contributed by atoms with Crippen molar-refractivity contribution in [2.24, 2.45) is 7.05 Å². The predicted octanol–water partition coefficient (Wildman–Crippen LogP) is 6.22. The summed E-state index contributed by atoms with van der Waals surface area (Å²) in [5.41, 5.74) is 1.11. The van der Waals surface area contributed by atoms with Crippen LogP contribution in [0, 0.1) is 0 Å². The van der Waals surface area contributed by atoms with Gasteiger partial charge in [-0.3, -0.25) is 4.90 Å². The molecule has 0 radical (unpaired) electrons. The van der Waals surface area contributed by atoms with Crippen molar-refractivity contribution in [1.82, 2.24) is 19.7 Å². The van der Waals surface area contributed by atoms with Gasteiger partial charge in [0.15, 0.2) is 11.0 Å². The lowest BCUT2D eigenvalue weighted by atomic mass is 9.97. The molecule has 3 aromatic rings. The lowest BCUT2D eigenvalue weighted by Gasteiger charge is -2.26. The molecule has 0 unspecified atom stereocenters. The van der Waals surface area contributed by atoms with Crippen LogP contribution in [-0.2, 0) is 13.2 Å². The average molecular weight is 479 g/mol. The van der Waals surface area contributed by atoms with Gasteiger partial charge in [0.05, 0.1) is 10.4 Å². The van der Waals surface area contributed by atoms with E-state index in [1.807, 2.05) is 23.1 Å². The first-order valence-corrected chi connectivity index (χ1v) is 12.4. The summed E-state index contributed by atoms with van der Waals surface area (Å²) in [6.45, 7) is 2.65. The number of halogens is 3.